The average Bonchev–Trinajstić information content (AvgIpc) is 2.71. The molecule has 8 heteroatoms. The normalized spacial score (nSPS) is 10.8. The van der Waals surface area contributed by atoms with Crippen molar-refractivity contribution in [2.45, 2.75) is 6.92 Å². The first-order chi connectivity index (χ1) is 13.7. The molecule has 0 N–H and O–H groups in total. The van der Waals surface area contributed by atoms with Gasteiger partial charge in [-0.2, -0.15) is 0 Å². The first kappa shape index (κ1) is 24.3. The van der Waals surface area contributed by atoms with Gasteiger partial charge in [0.05, 0.1) is 72.1 Å². The molecule has 0 aromatic heterocycles. The van der Waals surface area contributed by atoms with Gasteiger partial charge in [0.1, 0.15) is 12.4 Å². The van der Waals surface area contributed by atoms with Gasteiger partial charge >= 0.3 is 5.97 Å². The van der Waals surface area contributed by atoms with E-state index >= 15 is 0 Å². The molecule has 1 aromatic rings. The van der Waals surface area contributed by atoms with Crippen LogP contribution in [0.2, 0.25) is 0 Å². The lowest BCUT2D eigenvalue weighted by molar-refractivity contribution is -0.00980. The number of carbonyl (C=O) groups excluding carboxylic acids is 1. The van der Waals surface area contributed by atoms with Crippen molar-refractivity contribution in [3.8, 4) is 5.75 Å². The molecule has 1 rings (SSSR count). The topological polar surface area (TPSA) is 81.7 Å². The van der Waals surface area contributed by atoms with Crippen LogP contribution in [-0.2, 0) is 28.4 Å². The van der Waals surface area contributed by atoms with Crippen LogP contribution in [0.5, 0.6) is 5.75 Å². The Labute approximate surface area is 166 Å². The predicted octanol–water partition coefficient (Wildman–Crippen LogP) is 1.87. The number of carbonyl (C=O) groups is 1. The highest BCUT2D eigenvalue weighted by molar-refractivity contribution is 5.91. The van der Waals surface area contributed by atoms with Crippen LogP contribution in [0.15, 0.2) is 18.2 Å². The highest BCUT2D eigenvalue weighted by Crippen LogP contribution is 2.21. The molecule has 0 saturated heterocycles. The second-order valence-corrected chi connectivity index (χ2v) is 5.71. The first-order valence-corrected chi connectivity index (χ1v) is 9.31. The van der Waals surface area contributed by atoms with Gasteiger partial charge in [-0.05, 0) is 19.1 Å². The minimum absolute atomic E-state index is 0.376. The number of ether oxygens (including phenoxy) is 7. The standard InChI is InChI=1S/C20H32O8/c1-17-18(20(21)23-3)5-4-6-19(17)28-16-15-27-14-13-26-12-11-25-10-9-24-8-7-22-2/h4-6H,7-16H2,1-3H3. The third-order valence-corrected chi connectivity index (χ3v) is 3.72. The molecule has 0 amide bonds. The lowest BCUT2D eigenvalue weighted by atomic mass is 10.1. The van der Waals surface area contributed by atoms with E-state index in [1.165, 1.54) is 7.11 Å². The zero-order chi connectivity index (χ0) is 20.5. The number of rotatable bonds is 17. The van der Waals surface area contributed by atoms with E-state index in [1.807, 2.05) is 13.0 Å². The summed E-state index contributed by atoms with van der Waals surface area (Å²) in [5.41, 5.74) is 1.25. The van der Waals surface area contributed by atoms with Crippen LogP contribution in [0.3, 0.4) is 0 Å². The van der Waals surface area contributed by atoms with Gasteiger partial charge in [0.15, 0.2) is 0 Å². The van der Waals surface area contributed by atoms with E-state index in [0.29, 0.717) is 77.4 Å². The summed E-state index contributed by atoms with van der Waals surface area (Å²) in [5, 5.41) is 0. The fourth-order valence-electron chi connectivity index (χ4n) is 2.22. The molecular weight excluding hydrogens is 368 g/mol. The second kappa shape index (κ2) is 16.3. The molecule has 0 aliphatic carbocycles. The zero-order valence-electron chi connectivity index (χ0n) is 17.1. The van der Waals surface area contributed by atoms with Crippen molar-refractivity contribution in [3.63, 3.8) is 0 Å². The SMILES string of the molecule is COCCOCCOCCOCCOCCOc1cccc(C(=O)OC)c1C. The van der Waals surface area contributed by atoms with Crippen molar-refractivity contribution >= 4 is 5.97 Å². The highest BCUT2D eigenvalue weighted by atomic mass is 16.6. The molecule has 0 fully saturated rings. The molecule has 0 radical (unpaired) electrons. The number of methoxy groups -OCH3 is 2. The Morgan fingerprint density at radius 2 is 1.25 bits per heavy atom. The van der Waals surface area contributed by atoms with Gasteiger partial charge < -0.3 is 33.2 Å². The van der Waals surface area contributed by atoms with Gasteiger partial charge in [-0.1, -0.05) is 6.07 Å². The van der Waals surface area contributed by atoms with Crippen molar-refractivity contribution in [3.05, 3.63) is 29.3 Å². The molecule has 0 saturated carbocycles. The van der Waals surface area contributed by atoms with Crippen LogP contribution in [0.1, 0.15) is 15.9 Å². The molecule has 0 aliphatic heterocycles. The zero-order valence-corrected chi connectivity index (χ0v) is 17.1. The highest BCUT2D eigenvalue weighted by Gasteiger charge is 2.12. The summed E-state index contributed by atoms with van der Waals surface area (Å²) in [6.45, 7) is 6.90. The minimum Gasteiger partial charge on any atom is -0.491 e. The maximum absolute atomic E-state index is 11.7. The summed E-state index contributed by atoms with van der Waals surface area (Å²) in [4.78, 5) is 11.7. The summed E-state index contributed by atoms with van der Waals surface area (Å²) in [5.74, 6) is 0.269. The molecule has 1 aromatic carbocycles. The van der Waals surface area contributed by atoms with E-state index in [1.54, 1.807) is 19.2 Å². The van der Waals surface area contributed by atoms with Gasteiger partial charge in [0, 0.05) is 12.7 Å². The van der Waals surface area contributed by atoms with E-state index in [0.717, 1.165) is 5.56 Å². The molecule has 8 nitrogen and oxygen atoms in total. The maximum Gasteiger partial charge on any atom is 0.338 e. The van der Waals surface area contributed by atoms with Gasteiger partial charge in [-0.3, -0.25) is 0 Å². The third-order valence-electron chi connectivity index (χ3n) is 3.72. The Balaban J connectivity index is 1.97. The molecule has 160 valence electrons. The van der Waals surface area contributed by atoms with Crippen LogP contribution >= 0.6 is 0 Å². The Morgan fingerprint density at radius 3 is 1.75 bits per heavy atom. The molecular formula is C20H32O8. The largest absolute Gasteiger partial charge is 0.491 e. The van der Waals surface area contributed by atoms with Crippen LogP contribution < -0.4 is 4.74 Å². The number of hydrogen-bond acceptors (Lipinski definition) is 8. The van der Waals surface area contributed by atoms with E-state index in [9.17, 15) is 4.79 Å². The number of benzene rings is 1. The van der Waals surface area contributed by atoms with Crippen molar-refractivity contribution in [1.82, 2.24) is 0 Å². The molecule has 28 heavy (non-hydrogen) atoms. The molecule has 0 heterocycles. The van der Waals surface area contributed by atoms with Crippen LogP contribution in [0, 0.1) is 6.92 Å². The first-order valence-electron chi connectivity index (χ1n) is 9.31. The summed E-state index contributed by atoms with van der Waals surface area (Å²) < 4.78 is 36.8. The minimum atomic E-state index is -0.376. The van der Waals surface area contributed by atoms with E-state index < -0.39 is 0 Å². The molecule has 0 bridgehead atoms. The summed E-state index contributed by atoms with van der Waals surface area (Å²) >= 11 is 0. The van der Waals surface area contributed by atoms with E-state index in [4.69, 9.17) is 33.2 Å². The third kappa shape index (κ3) is 10.6. The summed E-state index contributed by atoms with van der Waals surface area (Å²) in [7, 11) is 3.00. The molecule has 0 unspecified atom stereocenters. The Hall–Kier alpha value is -1.71. The average molecular weight is 400 g/mol. The van der Waals surface area contributed by atoms with Gasteiger partial charge in [0.25, 0.3) is 0 Å². The lowest BCUT2D eigenvalue weighted by Crippen LogP contribution is -2.14. The monoisotopic (exact) mass is 400 g/mol. The molecule has 0 aliphatic rings. The smallest absolute Gasteiger partial charge is 0.338 e. The molecule has 0 spiro atoms. The Kier molecular flexibility index (Phi) is 14.1. The maximum atomic E-state index is 11.7. The van der Waals surface area contributed by atoms with Gasteiger partial charge in [-0.25, -0.2) is 4.79 Å². The number of esters is 1. The van der Waals surface area contributed by atoms with E-state index in [2.05, 4.69) is 0 Å². The van der Waals surface area contributed by atoms with Crippen molar-refractivity contribution in [2.24, 2.45) is 0 Å². The summed E-state index contributed by atoms with van der Waals surface area (Å²) in [6.07, 6.45) is 0. The van der Waals surface area contributed by atoms with E-state index in [-0.39, 0.29) is 5.97 Å². The lowest BCUT2D eigenvalue weighted by Gasteiger charge is -2.12. The fraction of sp³-hybridized carbons (Fsp3) is 0.650. The quantitative estimate of drug-likeness (QED) is 0.290. The van der Waals surface area contributed by atoms with Crippen LogP contribution in [-0.4, -0.2) is 86.3 Å². The number of hydrogen-bond donors (Lipinski definition) is 0. The van der Waals surface area contributed by atoms with Crippen LogP contribution in [0.4, 0.5) is 0 Å². The van der Waals surface area contributed by atoms with Gasteiger partial charge in [0.2, 0.25) is 0 Å². The molecule has 0 atom stereocenters. The van der Waals surface area contributed by atoms with Gasteiger partial charge in [-0.15, -0.1) is 0 Å². The second-order valence-electron chi connectivity index (χ2n) is 5.71. The van der Waals surface area contributed by atoms with Crippen molar-refractivity contribution < 1.29 is 38.0 Å². The van der Waals surface area contributed by atoms with Crippen molar-refractivity contribution in [2.75, 3.05) is 80.3 Å². The Bertz CT molecular complexity index is 535. The van der Waals surface area contributed by atoms with Crippen LogP contribution in [0.25, 0.3) is 0 Å². The summed E-state index contributed by atoms with van der Waals surface area (Å²) in [6, 6.07) is 5.28. The fourth-order valence-corrected chi connectivity index (χ4v) is 2.22. The van der Waals surface area contributed by atoms with Crippen molar-refractivity contribution in [1.29, 1.82) is 0 Å². The predicted molar refractivity (Wildman–Crippen MR) is 103 cm³/mol. The Morgan fingerprint density at radius 1 is 0.750 bits per heavy atom.